The Kier molecular flexibility index (Phi) is 26.8. The Bertz CT molecular complexity index is 4510. The summed E-state index contributed by atoms with van der Waals surface area (Å²) in [6.45, 7) is 24.1. The smallest absolute Gasteiger partial charge is 0.411 e. The number of carbonyl (C=O) groups excluding carboxylic acids is 8. The van der Waals surface area contributed by atoms with Crippen molar-refractivity contribution in [2.75, 3.05) is 39.4 Å². The summed E-state index contributed by atoms with van der Waals surface area (Å²) in [5, 5.41) is 11.1. The van der Waals surface area contributed by atoms with Crippen LogP contribution in [0, 0.1) is 0 Å². The molecule has 24 nitrogen and oxygen atoms in total. The normalized spacial score (nSPS) is 17.7. The first-order valence-electron chi connectivity index (χ1n) is 36.2. The van der Waals surface area contributed by atoms with Crippen LogP contribution >= 0.6 is 0 Å². The Morgan fingerprint density at radius 3 is 1.34 bits per heavy atom. The zero-order chi connectivity index (χ0) is 76.6. The van der Waals surface area contributed by atoms with E-state index in [2.05, 4.69) is 65.6 Å². The number of nitrogens with one attached hydrogen (secondary N) is 1. The van der Waals surface area contributed by atoms with Gasteiger partial charge in [-0.1, -0.05) is 129 Å². The summed E-state index contributed by atoms with van der Waals surface area (Å²) >= 11 is 0. The molecule has 6 heterocycles. The highest BCUT2D eigenvalue weighted by atomic mass is 16.6. The number of esters is 2. The molecule has 24 heteroatoms. The largest absolute Gasteiger partial charge is 0.481 e. The average molecular weight is 1480 g/mol. The van der Waals surface area contributed by atoms with Gasteiger partial charge in [0, 0.05) is 68.1 Å². The average Bonchev–Trinajstić information content (AvgIpc) is 1.30. The number of aliphatic carboxylic acids is 1. The predicted molar refractivity (Wildman–Crippen MR) is 415 cm³/mol. The Balaban J connectivity index is 0.000000255. The Labute approximate surface area is 632 Å². The molecule has 5 aliphatic heterocycles. The summed E-state index contributed by atoms with van der Waals surface area (Å²) in [6.07, 6.45) is 8.55. The van der Waals surface area contributed by atoms with Crippen LogP contribution in [0.4, 0.5) is 19.2 Å². The van der Waals surface area contributed by atoms with E-state index in [4.69, 9.17) is 48.3 Å². The van der Waals surface area contributed by atoms with Gasteiger partial charge in [0.15, 0.2) is 19.0 Å². The van der Waals surface area contributed by atoms with Crippen LogP contribution in [0.5, 0.6) is 0 Å². The molecule has 0 aliphatic carbocycles. The molecule has 12 rings (SSSR count). The summed E-state index contributed by atoms with van der Waals surface area (Å²) in [4.78, 5) is 132. The number of carboxylic acid groups (broad SMARTS) is 1. The van der Waals surface area contributed by atoms with Crippen LogP contribution < -0.4 is 6.15 Å². The van der Waals surface area contributed by atoms with Crippen molar-refractivity contribution in [3.05, 3.63) is 156 Å². The molecule has 0 saturated carbocycles. The van der Waals surface area contributed by atoms with Gasteiger partial charge in [0.25, 0.3) is 5.97 Å². The lowest BCUT2D eigenvalue weighted by molar-refractivity contribution is -0.148. The first kappa shape index (κ1) is 82.9. The molecule has 5 aliphatic rings. The molecule has 5 N–H and O–H groups in total. The summed E-state index contributed by atoms with van der Waals surface area (Å²) in [5.41, 5.74) is 7.43. The van der Waals surface area contributed by atoms with Crippen LogP contribution in [0.1, 0.15) is 193 Å². The molecule has 4 saturated heterocycles. The number of ketones is 2. The summed E-state index contributed by atoms with van der Waals surface area (Å²) in [6, 6.07) is 37.4. The van der Waals surface area contributed by atoms with Crippen molar-refractivity contribution in [2.45, 2.75) is 202 Å². The second-order valence-electron chi connectivity index (χ2n) is 31.1. The van der Waals surface area contributed by atoms with Crippen molar-refractivity contribution in [1.82, 2.24) is 35.7 Å². The SMILES string of the molecule is C.CC(=O)O.CC(C)(C)OC(=O)N1CCC[C@H]1C(=O)OCC(=O)c1ccc(-c2ccc(C(=O)COC(=O)[C@@H]3CCCN3C(=O)OC(C)(C)C)c3ccccc23)cc1.CC(C)(C)OC(=O)N1CCC[C@H]1C1=NC=C(c2ccc(-c3ccc(-c4cnc([C@@H]5CCCN5C(=O)OC(C)(C)C)[nH]4)c4ccccc34)cc2)C1.N. The standard InChI is InChI=1S/C41H47N5O4.C40H46N2O10.C2H4O2.CH4.H3N/c1-40(2,3)49-38(47)45-21-9-13-35(45)33-23-28(24-42-33)26-15-17-27(18-16-26)29-19-20-32(31-12-8-7-11-30(29)31)34-25-43-37(44-34)36-14-10-22-46(36)39(48)50-41(4,5)6;1-39(2,3)51-37(47)41-21-9-13-31(41)35(45)49-23-33(43)26-17-15-25(16-18-26)27-19-20-30(29-12-8-7-11-28(27)29)34(44)24-50-36(46)32-14-10-22-42(32)38(48)52-40(4,5)6;1-2(3)4;;/h7-8,11-12,15-20,24-25,35-36H,9-10,13-14,21-23H2,1-6H3,(H,43,44);7-8,11-12,15-20,31-32H,9-10,13-14,21-24H2,1-6H3;1H3,(H,3,4);1H4;1H3/t35-,36-;31-,32-;;;/m00.../s1. The van der Waals surface area contributed by atoms with Crippen molar-refractivity contribution >= 4 is 86.7 Å². The monoisotopic (exact) mass is 1480 g/mol. The summed E-state index contributed by atoms with van der Waals surface area (Å²) in [7, 11) is 0. The number of likely N-dealkylation sites (tertiary alicyclic amines) is 4. The number of aromatic nitrogens is 2. The molecule has 0 radical (unpaired) electrons. The third-order valence-corrected chi connectivity index (χ3v) is 18.3. The maximum Gasteiger partial charge on any atom is 0.411 e. The third kappa shape index (κ3) is 20.9. The number of amides is 4. The maximum atomic E-state index is 13.4. The topological polar surface area (TPSA) is 318 Å². The number of fused-ring (bicyclic) bond motifs is 2. The van der Waals surface area contributed by atoms with Crippen LogP contribution in [-0.2, 0) is 42.8 Å². The molecule has 7 aromatic rings. The van der Waals surface area contributed by atoms with E-state index in [1.807, 2.05) is 83.1 Å². The Morgan fingerprint density at radius 2 is 0.852 bits per heavy atom. The van der Waals surface area contributed by atoms with Gasteiger partial charge in [-0.25, -0.2) is 33.8 Å². The molecule has 0 spiro atoms. The predicted octanol–water partition coefficient (Wildman–Crippen LogP) is 17.2. The molecule has 1 aromatic heterocycles. The Morgan fingerprint density at radius 1 is 0.472 bits per heavy atom. The van der Waals surface area contributed by atoms with Gasteiger partial charge in [-0.3, -0.25) is 39.0 Å². The molecule has 4 amide bonds. The number of H-pyrrole nitrogens is 1. The van der Waals surface area contributed by atoms with E-state index in [1.165, 1.54) is 9.80 Å². The fourth-order valence-corrected chi connectivity index (χ4v) is 13.7. The van der Waals surface area contributed by atoms with Crippen LogP contribution in [0.25, 0.3) is 60.6 Å². The zero-order valence-electron chi connectivity index (χ0n) is 63.6. The number of carboxylic acids is 1. The molecule has 108 heavy (non-hydrogen) atoms. The maximum absolute atomic E-state index is 13.4. The molecule has 4 fully saturated rings. The van der Waals surface area contributed by atoms with E-state index in [-0.39, 0.29) is 43.6 Å². The first-order chi connectivity index (χ1) is 50.1. The number of allylic oxidation sites excluding steroid dienone is 1. The molecular formula is C84H104N8O16. The lowest BCUT2D eigenvalue weighted by atomic mass is 9.92. The molecule has 4 atom stereocenters. The first-order valence-corrected chi connectivity index (χ1v) is 36.2. The highest BCUT2D eigenvalue weighted by Gasteiger charge is 2.41. The van der Waals surface area contributed by atoms with E-state index in [0.29, 0.717) is 68.4 Å². The second kappa shape index (κ2) is 34.9. The van der Waals surface area contributed by atoms with E-state index >= 15 is 0 Å². The molecule has 576 valence electrons. The van der Waals surface area contributed by atoms with E-state index in [9.17, 15) is 38.4 Å². The number of aliphatic imine (C=N–C) groups is 1. The van der Waals surface area contributed by atoms with Crippen molar-refractivity contribution in [3.63, 3.8) is 0 Å². The number of rotatable bonds is 14. The lowest BCUT2D eigenvalue weighted by Crippen LogP contribution is -2.44. The minimum atomic E-state index is -0.833. The number of Topliss-reactive ketones (excluding diaryl/α,β-unsaturated/α-hetero) is 2. The fourth-order valence-electron chi connectivity index (χ4n) is 13.7. The van der Waals surface area contributed by atoms with Crippen molar-refractivity contribution in [3.8, 4) is 33.5 Å². The van der Waals surface area contributed by atoms with Gasteiger partial charge in [0.05, 0.1) is 24.0 Å². The highest BCUT2D eigenvalue weighted by Crippen LogP contribution is 2.40. The summed E-state index contributed by atoms with van der Waals surface area (Å²) in [5.74, 6) is -2.13. The summed E-state index contributed by atoms with van der Waals surface area (Å²) < 4.78 is 33.0. The fraction of sp³-hybridized carbons (Fsp3) is 0.440. The third-order valence-electron chi connectivity index (χ3n) is 18.3. The quantitative estimate of drug-likeness (QED) is 0.0517. The minimum Gasteiger partial charge on any atom is -0.481 e. The number of hydrogen-bond donors (Lipinski definition) is 3. The van der Waals surface area contributed by atoms with E-state index in [0.717, 1.165) is 111 Å². The van der Waals surface area contributed by atoms with E-state index in [1.54, 1.807) is 82.8 Å². The van der Waals surface area contributed by atoms with Crippen molar-refractivity contribution in [1.29, 1.82) is 0 Å². The van der Waals surface area contributed by atoms with Gasteiger partial charge in [-0.2, -0.15) is 0 Å². The number of imidazole rings is 1. The Hall–Kier alpha value is -10.8. The number of benzene rings is 6. The van der Waals surface area contributed by atoms with Crippen LogP contribution in [0.2, 0.25) is 0 Å². The minimum absolute atomic E-state index is 0. The van der Waals surface area contributed by atoms with Gasteiger partial charge in [-0.15, -0.1) is 0 Å². The molecule has 0 bridgehead atoms. The van der Waals surface area contributed by atoms with Crippen LogP contribution in [-0.4, -0.2) is 174 Å². The zero-order valence-corrected chi connectivity index (χ0v) is 63.6. The van der Waals surface area contributed by atoms with Gasteiger partial charge in [0.1, 0.15) is 40.3 Å². The number of hydrogen-bond acceptors (Lipinski definition) is 18. The van der Waals surface area contributed by atoms with Gasteiger partial charge < -0.3 is 44.7 Å². The van der Waals surface area contributed by atoms with Crippen molar-refractivity contribution < 1.29 is 76.7 Å². The molecule has 6 aromatic carbocycles. The molecular weight excluding hydrogens is 1380 g/mol. The lowest BCUT2D eigenvalue weighted by Gasteiger charge is -2.28. The van der Waals surface area contributed by atoms with E-state index < -0.39 is 83.6 Å². The number of aromatic amines is 1. The van der Waals surface area contributed by atoms with Crippen LogP contribution in [0.3, 0.4) is 0 Å². The van der Waals surface area contributed by atoms with Gasteiger partial charge in [-0.05, 0) is 189 Å². The van der Waals surface area contributed by atoms with Gasteiger partial charge in [0.2, 0.25) is 5.78 Å². The van der Waals surface area contributed by atoms with Crippen LogP contribution in [0.15, 0.2) is 139 Å². The highest BCUT2D eigenvalue weighted by molar-refractivity contribution is 6.13. The second-order valence-corrected chi connectivity index (χ2v) is 31.1. The number of carbonyl (C=O) groups is 9. The molecule has 0 unspecified atom stereocenters. The van der Waals surface area contributed by atoms with Crippen molar-refractivity contribution in [2.24, 2.45) is 4.99 Å². The van der Waals surface area contributed by atoms with Gasteiger partial charge >= 0.3 is 36.3 Å². The number of ether oxygens (including phenoxy) is 6. The number of nitrogens with zero attached hydrogens (tertiary/aromatic N) is 6.